The second-order valence-electron chi connectivity index (χ2n) is 5.85. The minimum Gasteiger partial charge on any atom is -0.494 e. The van der Waals surface area contributed by atoms with Crippen LogP contribution in [0.4, 0.5) is 0 Å². The summed E-state index contributed by atoms with van der Waals surface area (Å²) in [6.07, 6.45) is 7.62. The Morgan fingerprint density at radius 2 is 2.04 bits per heavy atom. The molecule has 0 unspecified atom stereocenters. The zero-order valence-corrected chi connectivity index (χ0v) is 14.4. The molecule has 3 rings (SSSR count). The van der Waals surface area contributed by atoms with Crippen molar-refractivity contribution in [1.82, 2.24) is 19.1 Å². The van der Waals surface area contributed by atoms with E-state index in [1.807, 2.05) is 60.5 Å². The van der Waals surface area contributed by atoms with Crippen LogP contribution in [0.5, 0.6) is 5.75 Å². The third-order valence-corrected chi connectivity index (χ3v) is 3.69. The van der Waals surface area contributed by atoms with Crippen molar-refractivity contribution in [3.05, 3.63) is 54.6 Å². The van der Waals surface area contributed by atoms with Crippen molar-refractivity contribution in [2.75, 3.05) is 7.11 Å². The first-order chi connectivity index (χ1) is 11.6. The van der Waals surface area contributed by atoms with Crippen LogP contribution >= 0.6 is 0 Å². The number of rotatable bonds is 6. The largest absolute Gasteiger partial charge is 0.494 e. The van der Waals surface area contributed by atoms with Gasteiger partial charge in [-0.05, 0) is 32.9 Å². The van der Waals surface area contributed by atoms with Crippen molar-refractivity contribution in [1.29, 1.82) is 0 Å². The van der Waals surface area contributed by atoms with Crippen LogP contribution in [-0.4, -0.2) is 32.3 Å². The van der Waals surface area contributed by atoms with Gasteiger partial charge in [-0.2, -0.15) is 0 Å². The highest BCUT2D eigenvalue weighted by atomic mass is 16.5. The molecule has 0 spiro atoms. The SMILES string of the molecule is COc1cc(-n2ccnc2COC(C)C)ccc1-n1cnc(C)c1. The topological polar surface area (TPSA) is 54.1 Å². The fraction of sp³-hybridized carbons (Fsp3) is 0.333. The number of benzene rings is 1. The highest BCUT2D eigenvalue weighted by Gasteiger charge is 2.11. The van der Waals surface area contributed by atoms with Gasteiger partial charge in [-0.15, -0.1) is 0 Å². The average Bonchev–Trinajstić information content (AvgIpc) is 3.21. The summed E-state index contributed by atoms with van der Waals surface area (Å²) < 4.78 is 15.2. The van der Waals surface area contributed by atoms with E-state index in [4.69, 9.17) is 9.47 Å². The van der Waals surface area contributed by atoms with Crippen LogP contribution in [-0.2, 0) is 11.3 Å². The smallest absolute Gasteiger partial charge is 0.144 e. The summed E-state index contributed by atoms with van der Waals surface area (Å²) >= 11 is 0. The zero-order valence-electron chi connectivity index (χ0n) is 14.4. The predicted octanol–water partition coefficient (Wildman–Crippen LogP) is 3.30. The maximum atomic E-state index is 5.67. The molecule has 0 fully saturated rings. The quantitative estimate of drug-likeness (QED) is 0.697. The van der Waals surface area contributed by atoms with Crippen LogP contribution in [0.25, 0.3) is 11.4 Å². The zero-order chi connectivity index (χ0) is 17.1. The Hall–Kier alpha value is -2.60. The van der Waals surface area contributed by atoms with Crippen LogP contribution in [0, 0.1) is 6.92 Å². The van der Waals surface area contributed by atoms with Crippen molar-refractivity contribution in [2.45, 2.75) is 33.5 Å². The molecule has 0 aliphatic carbocycles. The number of methoxy groups -OCH3 is 1. The third kappa shape index (κ3) is 3.33. The number of aromatic nitrogens is 4. The molecule has 6 heteroatoms. The van der Waals surface area contributed by atoms with Crippen molar-refractivity contribution in [2.24, 2.45) is 0 Å². The Morgan fingerprint density at radius 1 is 1.21 bits per heavy atom. The lowest BCUT2D eigenvalue weighted by Gasteiger charge is -2.14. The molecular weight excluding hydrogens is 304 g/mol. The maximum Gasteiger partial charge on any atom is 0.144 e. The number of hydrogen-bond donors (Lipinski definition) is 0. The normalized spacial score (nSPS) is 11.2. The van der Waals surface area contributed by atoms with E-state index < -0.39 is 0 Å². The molecule has 3 aromatic rings. The van der Waals surface area contributed by atoms with Crippen molar-refractivity contribution in [3.63, 3.8) is 0 Å². The Balaban J connectivity index is 1.94. The van der Waals surface area contributed by atoms with Gasteiger partial charge in [-0.3, -0.25) is 0 Å². The molecule has 0 saturated carbocycles. The Morgan fingerprint density at radius 3 is 2.71 bits per heavy atom. The van der Waals surface area contributed by atoms with Gasteiger partial charge in [0.05, 0.1) is 36.6 Å². The Labute approximate surface area is 141 Å². The average molecular weight is 326 g/mol. The van der Waals surface area contributed by atoms with Crippen LogP contribution in [0.3, 0.4) is 0 Å². The summed E-state index contributed by atoms with van der Waals surface area (Å²) in [5.41, 5.74) is 2.89. The van der Waals surface area contributed by atoms with Crippen molar-refractivity contribution >= 4 is 0 Å². The van der Waals surface area contributed by atoms with E-state index in [1.54, 1.807) is 19.6 Å². The molecular formula is C18H22N4O2. The van der Waals surface area contributed by atoms with E-state index in [2.05, 4.69) is 9.97 Å². The molecule has 0 aliphatic rings. The fourth-order valence-corrected chi connectivity index (χ4v) is 2.50. The summed E-state index contributed by atoms with van der Waals surface area (Å²) in [6, 6.07) is 6.04. The van der Waals surface area contributed by atoms with E-state index >= 15 is 0 Å². The van der Waals surface area contributed by atoms with E-state index in [0.29, 0.717) is 6.61 Å². The summed E-state index contributed by atoms with van der Waals surface area (Å²) in [7, 11) is 1.67. The Bertz CT molecular complexity index is 820. The van der Waals surface area contributed by atoms with Gasteiger partial charge in [0, 0.05) is 24.7 Å². The van der Waals surface area contributed by atoms with Gasteiger partial charge in [-0.25, -0.2) is 9.97 Å². The van der Waals surface area contributed by atoms with Gasteiger partial charge in [0.25, 0.3) is 0 Å². The van der Waals surface area contributed by atoms with E-state index in [1.165, 1.54) is 0 Å². The van der Waals surface area contributed by atoms with Crippen LogP contribution in [0.15, 0.2) is 43.1 Å². The first-order valence-electron chi connectivity index (χ1n) is 7.91. The van der Waals surface area contributed by atoms with E-state index in [0.717, 1.165) is 28.6 Å². The lowest BCUT2D eigenvalue weighted by molar-refractivity contribution is 0.0606. The third-order valence-electron chi connectivity index (χ3n) is 3.69. The lowest BCUT2D eigenvalue weighted by Crippen LogP contribution is -2.08. The number of hydrogen-bond acceptors (Lipinski definition) is 4. The monoisotopic (exact) mass is 326 g/mol. The summed E-state index contributed by atoms with van der Waals surface area (Å²) in [4.78, 5) is 8.66. The number of ether oxygens (including phenoxy) is 2. The molecule has 0 amide bonds. The molecule has 24 heavy (non-hydrogen) atoms. The number of nitrogens with zero attached hydrogens (tertiary/aromatic N) is 4. The van der Waals surface area contributed by atoms with Crippen molar-refractivity contribution < 1.29 is 9.47 Å². The van der Waals surface area contributed by atoms with Crippen LogP contribution in [0.1, 0.15) is 25.4 Å². The van der Waals surface area contributed by atoms with E-state index in [9.17, 15) is 0 Å². The summed E-state index contributed by atoms with van der Waals surface area (Å²) in [5.74, 6) is 1.63. The minimum absolute atomic E-state index is 0.163. The van der Waals surface area contributed by atoms with Gasteiger partial charge in [-0.1, -0.05) is 0 Å². The molecule has 0 bridgehead atoms. The highest BCUT2D eigenvalue weighted by Crippen LogP contribution is 2.27. The molecule has 6 nitrogen and oxygen atoms in total. The van der Waals surface area contributed by atoms with Crippen LogP contribution < -0.4 is 4.74 Å². The molecule has 126 valence electrons. The van der Waals surface area contributed by atoms with Gasteiger partial charge < -0.3 is 18.6 Å². The predicted molar refractivity (Wildman–Crippen MR) is 91.9 cm³/mol. The molecule has 1 aromatic carbocycles. The molecule has 0 aliphatic heterocycles. The molecule has 2 heterocycles. The summed E-state index contributed by atoms with van der Waals surface area (Å²) in [6.45, 7) is 6.45. The summed E-state index contributed by atoms with van der Waals surface area (Å²) in [5, 5.41) is 0. The lowest BCUT2D eigenvalue weighted by atomic mass is 10.2. The van der Waals surface area contributed by atoms with Gasteiger partial charge >= 0.3 is 0 Å². The van der Waals surface area contributed by atoms with Gasteiger partial charge in [0.15, 0.2) is 0 Å². The first kappa shape index (κ1) is 16.3. The first-order valence-corrected chi connectivity index (χ1v) is 7.91. The maximum absolute atomic E-state index is 5.67. The Kier molecular flexibility index (Phi) is 4.66. The molecule has 0 atom stereocenters. The standard InChI is InChI=1S/C18H22N4O2/c1-13(2)24-11-18-19-7-8-22(18)15-5-6-16(17(9-15)23-4)21-10-14(3)20-12-21/h5-10,12-13H,11H2,1-4H3. The molecule has 0 saturated heterocycles. The number of imidazole rings is 2. The molecule has 2 aromatic heterocycles. The molecule has 0 radical (unpaired) electrons. The van der Waals surface area contributed by atoms with Crippen LogP contribution in [0.2, 0.25) is 0 Å². The molecule has 0 N–H and O–H groups in total. The number of aryl methyl sites for hydroxylation is 1. The van der Waals surface area contributed by atoms with E-state index in [-0.39, 0.29) is 6.10 Å². The van der Waals surface area contributed by atoms with Gasteiger partial charge in [0.2, 0.25) is 0 Å². The second kappa shape index (κ2) is 6.88. The van der Waals surface area contributed by atoms with Gasteiger partial charge in [0.1, 0.15) is 18.2 Å². The second-order valence-corrected chi connectivity index (χ2v) is 5.85. The minimum atomic E-state index is 0.163. The fourth-order valence-electron chi connectivity index (χ4n) is 2.50. The van der Waals surface area contributed by atoms with Crippen molar-refractivity contribution in [3.8, 4) is 17.1 Å². The highest BCUT2D eigenvalue weighted by molar-refractivity contribution is 5.53.